The Balaban J connectivity index is 0.00000363. The molecular weight excluding hydrogens is 463 g/mol. The van der Waals surface area contributed by atoms with E-state index in [9.17, 15) is 23.4 Å². The highest BCUT2D eigenvalue weighted by Crippen LogP contribution is 2.37. The number of nitrogens with two attached hydrogens (primary N) is 1. The molecular formula is C23H27ClF3NO3S. The lowest BCUT2D eigenvalue weighted by Gasteiger charge is -2.24. The van der Waals surface area contributed by atoms with E-state index in [4.69, 9.17) is 10.5 Å². The van der Waals surface area contributed by atoms with Crippen LogP contribution in [-0.2, 0) is 19.0 Å². The molecule has 0 unspecified atom stereocenters. The van der Waals surface area contributed by atoms with Crippen LogP contribution in [0.3, 0.4) is 0 Å². The number of alkyl halides is 3. The fraction of sp³-hybridized carbons (Fsp3) is 0.391. The maximum atomic E-state index is 13.6. The Morgan fingerprint density at radius 2 is 1.72 bits per heavy atom. The molecule has 3 aromatic rings. The zero-order valence-electron chi connectivity index (χ0n) is 17.4. The summed E-state index contributed by atoms with van der Waals surface area (Å²) in [6.07, 6.45) is -2.87. The molecule has 0 radical (unpaired) electrons. The second-order valence-corrected chi connectivity index (χ2v) is 8.63. The summed E-state index contributed by atoms with van der Waals surface area (Å²) < 4.78 is 47.4. The van der Waals surface area contributed by atoms with Crippen LogP contribution in [0, 0.1) is 0 Å². The van der Waals surface area contributed by atoms with Crippen molar-refractivity contribution in [1.29, 1.82) is 0 Å². The van der Waals surface area contributed by atoms with Gasteiger partial charge in [0.1, 0.15) is 5.75 Å². The van der Waals surface area contributed by atoms with Crippen molar-refractivity contribution in [2.45, 2.75) is 37.4 Å². The predicted molar refractivity (Wildman–Crippen MR) is 124 cm³/mol. The quantitative estimate of drug-likeness (QED) is 0.351. The Morgan fingerprint density at radius 1 is 1.00 bits per heavy atom. The Bertz CT molecular complexity index is 1010. The lowest BCUT2D eigenvalue weighted by molar-refractivity contribution is -0.139. The first-order valence-corrected chi connectivity index (χ1v) is 10.9. The number of hydrogen-bond donors (Lipinski definition) is 3. The van der Waals surface area contributed by atoms with Crippen LogP contribution in [0.2, 0.25) is 0 Å². The van der Waals surface area contributed by atoms with Crippen LogP contribution in [0.5, 0.6) is 5.75 Å². The SMILES string of the molecule is Cl.NC(CO)(CO)CCc1ccc(OCCCc2csc3ccccc23)c(C(F)(F)F)c1. The topological polar surface area (TPSA) is 75.7 Å². The Hall–Kier alpha value is -1.84. The molecule has 0 amide bonds. The van der Waals surface area contributed by atoms with Crippen LogP contribution < -0.4 is 10.5 Å². The molecule has 1 aromatic heterocycles. The molecule has 0 bridgehead atoms. The van der Waals surface area contributed by atoms with Gasteiger partial charge >= 0.3 is 6.18 Å². The van der Waals surface area contributed by atoms with Gasteiger partial charge in [0.05, 0.1) is 30.9 Å². The molecule has 4 nitrogen and oxygen atoms in total. The Labute approximate surface area is 195 Å². The third kappa shape index (κ3) is 6.59. The molecule has 1 heterocycles. The van der Waals surface area contributed by atoms with E-state index in [0.29, 0.717) is 12.0 Å². The second-order valence-electron chi connectivity index (χ2n) is 7.72. The fourth-order valence-corrected chi connectivity index (χ4v) is 4.35. The number of benzene rings is 2. The summed E-state index contributed by atoms with van der Waals surface area (Å²) in [6, 6.07) is 12.0. The number of rotatable bonds is 10. The molecule has 0 fully saturated rings. The molecule has 2 aromatic carbocycles. The summed E-state index contributed by atoms with van der Waals surface area (Å²) in [5.74, 6) is -0.199. The summed E-state index contributed by atoms with van der Waals surface area (Å²) in [4.78, 5) is 0. The minimum atomic E-state index is -4.55. The standard InChI is InChI=1S/C23H26F3NO3S.ClH/c24-23(25,26)19-12-16(9-10-22(27,14-28)15-29)7-8-20(19)30-11-3-4-17-13-31-21-6-2-1-5-18(17)21;/h1-2,5-8,12-13,28-29H,3-4,9-11,14-15,27H2;1H. The van der Waals surface area contributed by atoms with E-state index in [0.717, 1.165) is 12.5 Å². The average molecular weight is 490 g/mol. The van der Waals surface area contributed by atoms with Crippen LogP contribution in [0.15, 0.2) is 47.8 Å². The zero-order valence-corrected chi connectivity index (χ0v) is 19.0. The molecule has 176 valence electrons. The van der Waals surface area contributed by atoms with Gasteiger partial charge in [0.2, 0.25) is 0 Å². The van der Waals surface area contributed by atoms with Gasteiger partial charge in [0.25, 0.3) is 0 Å². The average Bonchev–Trinajstić information content (AvgIpc) is 3.18. The maximum absolute atomic E-state index is 13.6. The number of ether oxygens (including phenoxy) is 1. The Morgan fingerprint density at radius 3 is 2.41 bits per heavy atom. The van der Waals surface area contributed by atoms with Crippen LogP contribution in [0.4, 0.5) is 13.2 Å². The van der Waals surface area contributed by atoms with Crippen molar-refractivity contribution in [1.82, 2.24) is 0 Å². The van der Waals surface area contributed by atoms with Gasteiger partial charge in [0.15, 0.2) is 0 Å². The van der Waals surface area contributed by atoms with E-state index in [-0.39, 0.29) is 37.6 Å². The van der Waals surface area contributed by atoms with Crippen molar-refractivity contribution in [2.24, 2.45) is 5.73 Å². The number of aliphatic hydroxyl groups excluding tert-OH is 2. The summed E-state index contributed by atoms with van der Waals surface area (Å²) in [5.41, 5.74) is 5.35. The highest BCUT2D eigenvalue weighted by Gasteiger charge is 2.35. The van der Waals surface area contributed by atoms with Crippen molar-refractivity contribution in [3.8, 4) is 5.75 Å². The maximum Gasteiger partial charge on any atom is 0.419 e. The number of halogens is 4. The van der Waals surface area contributed by atoms with Gasteiger partial charge in [-0.2, -0.15) is 13.2 Å². The molecule has 0 aliphatic rings. The lowest BCUT2D eigenvalue weighted by Crippen LogP contribution is -2.47. The van der Waals surface area contributed by atoms with E-state index < -0.39 is 30.5 Å². The van der Waals surface area contributed by atoms with Gasteiger partial charge in [-0.25, -0.2) is 0 Å². The predicted octanol–water partition coefficient (Wildman–Crippen LogP) is 4.97. The van der Waals surface area contributed by atoms with Crippen LogP contribution in [-0.4, -0.2) is 35.6 Å². The van der Waals surface area contributed by atoms with E-state index >= 15 is 0 Å². The highest BCUT2D eigenvalue weighted by atomic mass is 35.5. The normalized spacial score (nSPS) is 12.1. The van der Waals surface area contributed by atoms with Crippen LogP contribution in [0.1, 0.15) is 29.5 Å². The molecule has 9 heteroatoms. The molecule has 0 saturated carbocycles. The van der Waals surface area contributed by atoms with Gasteiger partial charge in [-0.15, -0.1) is 23.7 Å². The zero-order chi connectivity index (χ0) is 22.5. The van der Waals surface area contributed by atoms with E-state index in [1.54, 1.807) is 17.4 Å². The number of hydrogen-bond acceptors (Lipinski definition) is 5. The molecule has 0 atom stereocenters. The van der Waals surface area contributed by atoms with Gasteiger partial charge in [-0.1, -0.05) is 24.3 Å². The second kappa shape index (κ2) is 11.3. The molecule has 0 aliphatic heterocycles. The van der Waals surface area contributed by atoms with Crippen molar-refractivity contribution in [3.63, 3.8) is 0 Å². The molecule has 3 rings (SSSR count). The first-order valence-electron chi connectivity index (χ1n) is 10.0. The minimum absolute atomic E-state index is 0. The van der Waals surface area contributed by atoms with Gasteiger partial charge < -0.3 is 20.7 Å². The Kier molecular flexibility index (Phi) is 9.36. The number of fused-ring (bicyclic) bond motifs is 1. The summed E-state index contributed by atoms with van der Waals surface area (Å²) >= 11 is 1.66. The summed E-state index contributed by atoms with van der Waals surface area (Å²) in [5, 5.41) is 21.8. The largest absolute Gasteiger partial charge is 0.493 e. The van der Waals surface area contributed by atoms with Gasteiger partial charge in [-0.05, 0) is 65.8 Å². The molecule has 0 aliphatic carbocycles. The van der Waals surface area contributed by atoms with E-state index in [1.807, 2.05) is 24.3 Å². The minimum Gasteiger partial charge on any atom is -0.493 e. The lowest BCUT2D eigenvalue weighted by atomic mass is 9.93. The van der Waals surface area contributed by atoms with Crippen molar-refractivity contribution < 1.29 is 28.1 Å². The monoisotopic (exact) mass is 489 g/mol. The van der Waals surface area contributed by atoms with Crippen molar-refractivity contribution in [2.75, 3.05) is 19.8 Å². The van der Waals surface area contributed by atoms with E-state index in [1.165, 1.54) is 21.7 Å². The first kappa shape index (κ1) is 26.4. The number of aryl methyl sites for hydroxylation is 2. The smallest absolute Gasteiger partial charge is 0.419 e. The summed E-state index contributed by atoms with van der Waals surface area (Å²) in [7, 11) is 0. The van der Waals surface area contributed by atoms with Crippen LogP contribution >= 0.6 is 23.7 Å². The molecule has 4 N–H and O–H groups in total. The van der Waals surface area contributed by atoms with Crippen molar-refractivity contribution in [3.05, 3.63) is 64.5 Å². The van der Waals surface area contributed by atoms with Gasteiger partial charge in [-0.3, -0.25) is 0 Å². The van der Waals surface area contributed by atoms with Crippen molar-refractivity contribution >= 4 is 33.8 Å². The highest BCUT2D eigenvalue weighted by molar-refractivity contribution is 7.17. The third-order valence-corrected chi connectivity index (χ3v) is 6.31. The first-order chi connectivity index (χ1) is 14.8. The van der Waals surface area contributed by atoms with Crippen LogP contribution in [0.25, 0.3) is 10.1 Å². The van der Waals surface area contributed by atoms with E-state index in [2.05, 4.69) is 5.38 Å². The van der Waals surface area contributed by atoms with Gasteiger partial charge in [0, 0.05) is 4.70 Å². The third-order valence-electron chi connectivity index (χ3n) is 5.30. The number of aliphatic hydroxyl groups is 2. The molecule has 32 heavy (non-hydrogen) atoms. The fourth-order valence-electron chi connectivity index (χ4n) is 3.35. The number of thiophene rings is 1. The molecule has 0 saturated heterocycles. The summed E-state index contributed by atoms with van der Waals surface area (Å²) in [6.45, 7) is -0.722. The molecule has 0 spiro atoms.